The molecule has 0 atom stereocenters. The molecule has 1 saturated carbocycles. The van der Waals surface area contributed by atoms with Crippen molar-refractivity contribution >= 4 is 5.91 Å². The van der Waals surface area contributed by atoms with Crippen LogP contribution in [0.3, 0.4) is 0 Å². The number of carbonyl (C=O) groups is 1. The van der Waals surface area contributed by atoms with Gasteiger partial charge in [0.05, 0.1) is 6.54 Å². The van der Waals surface area contributed by atoms with Crippen LogP contribution in [-0.4, -0.2) is 86.1 Å². The number of rotatable bonds is 5. The smallest absolute Gasteiger partial charge is 0.236 e. The van der Waals surface area contributed by atoms with Gasteiger partial charge in [0.1, 0.15) is 0 Å². The summed E-state index contributed by atoms with van der Waals surface area (Å²) in [7, 11) is 2.13. The van der Waals surface area contributed by atoms with E-state index < -0.39 is 0 Å². The van der Waals surface area contributed by atoms with E-state index in [1.807, 2.05) is 4.90 Å². The second-order valence-electron chi connectivity index (χ2n) is 7.09. The van der Waals surface area contributed by atoms with Crippen LogP contribution in [0.5, 0.6) is 0 Å². The third-order valence-corrected chi connectivity index (χ3v) is 5.19. The zero-order valence-corrected chi connectivity index (χ0v) is 13.4. The molecule has 2 saturated heterocycles. The van der Waals surface area contributed by atoms with Crippen molar-refractivity contribution in [1.29, 1.82) is 0 Å². The quantitative estimate of drug-likeness (QED) is 0.787. The van der Waals surface area contributed by atoms with Gasteiger partial charge < -0.3 is 15.1 Å². The number of nitrogens with zero attached hydrogens (tertiary/aromatic N) is 3. The molecule has 1 amide bonds. The third-order valence-electron chi connectivity index (χ3n) is 5.19. The minimum Gasteiger partial charge on any atom is -0.339 e. The summed E-state index contributed by atoms with van der Waals surface area (Å²) in [5, 5.41) is 3.70. The fourth-order valence-electron chi connectivity index (χ4n) is 3.30. The van der Waals surface area contributed by atoms with Crippen LogP contribution >= 0.6 is 0 Å². The predicted molar refractivity (Wildman–Crippen MR) is 84.3 cm³/mol. The summed E-state index contributed by atoms with van der Waals surface area (Å²) in [6, 6.07) is 0.681. The van der Waals surface area contributed by atoms with Gasteiger partial charge in [-0.15, -0.1) is 0 Å². The van der Waals surface area contributed by atoms with Crippen molar-refractivity contribution in [1.82, 2.24) is 20.0 Å². The van der Waals surface area contributed by atoms with Crippen LogP contribution in [0.4, 0.5) is 0 Å². The molecule has 5 heteroatoms. The molecule has 2 aliphatic heterocycles. The van der Waals surface area contributed by atoms with Crippen molar-refractivity contribution in [3.05, 3.63) is 0 Å². The Hall–Kier alpha value is -0.650. The van der Waals surface area contributed by atoms with Crippen LogP contribution in [0.2, 0.25) is 0 Å². The number of likely N-dealkylation sites (N-methyl/N-ethyl adjacent to an activating group) is 1. The molecule has 5 nitrogen and oxygen atoms in total. The summed E-state index contributed by atoms with van der Waals surface area (Å²) in [4.78, 5) is 19.0. The van der Waals surface area contributed by atoms with Crippen molar-refractivity contribution in [3.8, 4) is 0 Å². The van der Waals surface area contributed by atoms with E-state index in [-0.39, 0.29) is 0 Å². The average Bonchev–Trinajstić information content (AvgIpc) is 3.31. The number of nitrogens with one attached hydrogen (secondary N) is 1. The monoisotopic (exact) mass is 294 g/mol. The summed E-state index contributed by atoms with van der Waals surface area (Å²) in [6.45, 7) is 7.80. The van der Waals surface area contributed by atoms with E-state index in [1.165, 1.54) is 32.2 Å². The molecule has 21 heavy (non-hydrogen) atoms. The summed E-state index contributed by atoms with van der Waals surface area (Å²) in [6.07, 6.45) is 5.24. The van der Waals surface area contributed by atoms with Gasteiger partial charge in [0.2, 0.25) is 5.91 Å². The topological polar surface area (TPSA) is 38.8 Å². The van der Waals surface area contributed by atoms with Crippen LogP contribution in [-0.2, 0) is 4.79 Å². The number of amides is 1. The van der Waals surface area contributed by atoms with Crippen LogP contribution < -0.4 is 5.32 Å². The van der Waals surface area contributed by atoms with Gasteiger partial charge in [-0.1, -0.05) is 0 Å². The van der Waals surface area contributed by atoms with Crippen molar-refractivity contribution in [2.45, 2.75) is 31.7 Å². The summed E-state index contributed by atoms with van der Waals surface area (Å²) in [5.41, 5.74) is 0. The van der Waals surface area contributed by atoms with E-state index >= 15 is 0 Å². The summed E-state index contributed by atoms with van der Waals surface area (Å²) in [5.74, 6) is 1.29. The molecule has 0 radical (unpaired) electrons. The highest BCUT2D eigenvalue weighted by Crippen LogP contribution is 2.28. The number of hydrogen-bond acceptors (Lipinski definition) is 4. The van der Waals surface area contributed by atoms with E-state index in [1.54, 1.807) is 0 Å². The first-order valence-corrected chi connectivity index (χ1v) is 8.63. The van der Waals surface area contributed by atoms with Gasteiger partial charge in [-0.2, -0.15) is 0 Å². The molecule has 120 valence electrons. The standard InChI is InChI=1S/C16H30N4O/c1-18-8-10-20(11-9-18)16(21)13-19-6-4-15(5-7-19)17-12-14-2-3-14/h14-15,17H,2-13H2,1H3. The lowest BCUT2D eigenvalue weighted by Gasteiger charge is -2.36. The third kappa shape index (κ3) is 4.66. The molecule has 0 aromatic heterocycles. The Labute approximate surface area is 128 Å². The molecule has 1 N–H and O–H groups in total. The highest BCUT2D eigenvalue weighted by atomic mass is 16.2. The Morgan fingerprint density at radius 2 is 1.67 bits per heavy atom. The Balaban J connectivity index is 1.33. The number of carbonyl (C=O) groups excluding carboxylic acids is 1. The highest BCUT2D eigenvalue weighted by molar-refractivity contribution is 5.78. The summed E-state index contributed by atoms with van der Waals surface area (Å²) < 4.78 is 0. The predicted octanol–water partition coefficient (Wildman–Crippen LogP) is 0.224. The molecule has 3 fully saturated rings. The second kappa shape index (κ2) is 7.07. The second-order valence-corrected chi connectivity index (χ2v) is 7.09. The van der Waals surface area contributed by atoms with Gasteiger partial charge >= 0.3 is 0 Å². The van der Waals surface area contributed by atoms with Gasteiger partial charge in [0.25, 0.3) is 0 Å². The molecule has 0 unspecified atom stereocenters. The first-order valence-electron chi connectivity index (χ1n) is 8.63. The Morgan fingerprint density at radius 3 is 2.29 bits per heavy atom. The van der Waals surface area contributed by atoms with E-state index in [2.05, 4.69) is 22.2 Å². The van der Waals surface area contributed by atoms with Crippen molar-refractivity contribution in [2.24, 2.45) is 5.92 Å². The van der Waals surface area contributed by atoms with Gasteiger partial charge in [0, 0.05) is 45.3 Å². The number of piperazine rings is 1. The molecular formula is C16H30N4O. The average molecular weight is 294 g/mol. The molecule has 0 aromatic carbocycles. The lowest BCUT2D eigenvalue weighted by molar-refractivity contribution is -0.134. The minimum absolute atomic E-state index is 0.326. The van der Waals surface area contributed by atoms with Crippen molar-refractivity contribution in [2.75, 3.05) is 59.4 Å². The number of hydrogen-bond donors (Lipinski definition) is 1. The molecule has 0 spiro atoms. The molecule has 3 rings (SSSR count). The first-order chi connectivity index (χ1) is 10.2. The van der Waals surface area contributed by atoms with Crippen LogP contribution in [0.25, 0.3) is 0 Å². The minimum atomic E-state index is 0.326. The Kier molecular flexibility index (Phi) is 5.14. The fourth-order valence-corrected chi connectivity index (χ4v) is 3.30. The largest absolute Gasteiger partial charge is 0.339 e. The van der Waals surface area contributed by atoms with E-state index in [0.717, 1.165) is 45.2 Å². The Bertz CT molecular complexity index is 342. The van der Waals surface area contributed by atoms with E-state index in [0.29, 0.717) is 18.5 Å². The molecule has 0 bridgehead atoms. The highest BCUT2D eigenvalue weighted by Gasteiger charge is 2.26. The maximum absolute atomic E-state index is 12.3. The van der Waals surface area contributed by atoms with Gasteiger partial charge in [-0.3, -0.25) is 9.69 Å². The fraction of sp³-hybridized carbons (Fsp3) is 0.938. The van der Waals surface area contributed by atoms with E-state index in [9.17, 15) is 4.79 Å². The first kappa shape index (κ1) is 15.3. The normalized spacial score (nSPS) is 26.2. The molecule has 1 aliphatic carbocycles. The molecular weight excluding hydrogens is 264 g/mol. The number of piperidine rings is 1. The zero-order chi connectivity index (χ0) is 14.7. The number of likely N-dealkylation sites (tertiary alicyclic amines) is 1. The van der Waals surface area contributed by atoms with Crippen LogP contribution in [0, 0.1) is 5.92 Å². The maximum Gasteiger partial charge on any atom is 0.236 e. The van der Waals surface area contributed by atoms with E-state index in [4.69, 9.17) is 0 Å². The lowest BCUT2D eigenvalue weighted by Crippen LogP contribution is -2.51. The van der Waals surface area contributed by atoms with Crippen molar-refractivity contribution < 1.29 is 4.79 Å². The molecule has 0 aromatic rings. The SMILES string of the molecule is CN1CCN(C(=O)CN2CCC(NCC3CC3)CC2)CC1. The van der Waals surface area contributed by atoms with Gasteiger partial charge in [0.15, 0.2) is 0 Å². The van der Waals surface area contributed by atoms with Crippen molar-refractivity contribution in [3.63, 3.8) is 0 Å². The van der Waals surface area contributed by atoms with Gasteiger partial charge in [-0.05, 0) is 45.2 Å². The molecule has 2 heterocycles. The van der Waals surface area contributed by atoms with Crippen LogP contribution in [0.1, 0.15) is 25.7 Å². The summed E-state index contributed by atoms with van der Waals surface area (Å²) >= 11 is 0. The zero-order valence-electron chi connectivity index (χ0n) is 13.4. The lowest BCUT2D eigenvalue weighted by atomic mass is 10.0. The van der Waals surface area contributed by atoms with Gasteiger partial charge in [-0.25, -0.2) is 0 Å². The molecule has 3 aliphatic rings. The Morgan fingerprint density at radius 1 is 1.00 bits per heavy atom. The maximum atomic E-state index is 12.3. The van der Waals surface area contributed by atoms with Crippen LogP contribution in [0.15, 0.2) is 0 Å².